The summed E-state index contributed by atoms with van der Waals surface area (Å²) in [6.45, 7) is 10.9. The minimum absolute atomic E-state index is 0.447. The van der Waals surface area contributed by atoms with E-state index in [-0.39, 0.29) is 0 Å². The number of nitriles is 1. The summed E-state index contributed by atoms with van der Waals surface area (Å²) in [5, 5.41) is 12.3. The quantitative estimate of drug-likeness (QED) is 0.878. The largest absolute Gasteiger partial charge is 0.367 e. The summed E-state index contributed by atoms with van der Waals surface area (Å²) in [6.07, 6.45) is 1.72. The minimum Gasteiger partial charge on any atom is -0.367 e. The summed E-state index contributed by atoms with van der Waals surface area (Å²) in [4.78, 5) is 9.20. The van der Waals surface area contributed by atoms with Gasteiger partial charge in [-0.15, -0.1) is 0 Å². The zero-order valence-electron chi connectivity index (χ0n) is 12.3. The molecule has 1 fully saturated rings. The third kappa shape index (κ3) is 3.69. The number of aromatic nitrogens is 1. The maximum absolute atomic E-state index is 9.04. The summed E-state index contributed by atoms with van der Waals surface area (Å²) >= 11 is 0. The third-order valence-electron chi connectivity index (χ3n) is 3.97. The van der Waals surface area contributed by atoms with E-state index >= 15 is 0 Å². The first-order chi connectivity index (χ1) is 9.74. The zero-order chi connectivity index (χ0) is 14.4. The van der Waals surface area contributed by atoms with Crippen molar-refractivity contribution in [2.24, 2.45) is 0 Å². The van der Waals surface area contributed by atoms with Gasteiger partial charge in [0.05, 0.1) is 5.56 Å². The van der Waals surface area contributed by atoms with Crippen molar-refractivity contribution in [3.63, 3.8) is 0 Å². The van der Waals surface area contributed by atoms with E-state index in [2.05, 4.69) is 40.0 Å². The molecule has 0 amide bonds. The number of hydrogen-bond donors (Lipinski definition) is 1. The van der Waals surface area contributed by atoms with Crippen molar-refractivity contribution in [3.05, 3.63) is 23.9 Å². The summed E-state index contributed by atoms with van der Waals surface area (Å²) < 4.78 is 0. The first-order valence-electron chi connectivity index (χ1n) is 7.30. The average Bonchev–Trinajstić information content (AvgIpc) is 2.53. The average molecular weight is 273 g/mol. The highest BCUT2D eigenvalue weighted by molar-refractivity contribution is 5.51. The van der Waals surface area contributed by atoms with Gasteiger partial charge in [0, 0.05) is 45.0 Å². The number of likely N-dealkylation sites (N-methyl/N-ethyl adjacent to an activating group) is 1. The molecule has 108 valence electrons. The highest BCUT2D eigenvalue weighted by Crippen LogP contribution is 2.11. The highest BCUT2D eigenvalue weighted by atomic mass is 15.3. The van der Waals surface area contributed by atoms with Crippen LogP contribution >= 0.6 is 0 Å². The van der Waals surface area contributed by atoms with E-state index < -0.39 is 0 Å². The van der Waals surface area contributed by atoms with E-state index in [4.69, 9.17) is 5.26 Å². The summed E-state index contributed by atoms with van der Waals surface area (Å²) in [6, 6.07) is 6.19. The van der Waals surface area contributed by atoms with Gasteiger partial charge in [-0.2, -0.15) is 5.26 Å². The molecule has 5 heteroatoms. The maximum atomic E-state index is 9.04. The molecule has 1 aromatic heterocycles. The van der Waals surface area contributed by atoms with Crippen molar-refractivity contribution in [1.82, 2.24) is 14.8 Å². The van der Waals surface area contributed by atoms with Gasteiger partial charge >= 0.3 is 0 Å². The molecule has 1 aliphatic heterocycles. The number of nitrogens with zero attached hydrogens (tertiary/aromatic N) is 4. The molecule has 1 saturated heterocycles. The van der Waals surface area contributed by atoms with Gasteiger partial charge in [-0.05, 0) is 25.6 Å². The second-order valence-corrected chi connectivity index (χ2v) is 5.21. The molecule has 0 spiro atoms. The van der Waals surface area contributed by atoms with E-state index in [1.165, 1.54) is 0 Å². The van der Waals surface area contributed by atoms with Crippen molar-refractivity contribution in [1.29, 1.82) is 5.26 Å². The van der Waals surface area contributed by atoms with Gasteiger partial charge in [0.2, 0.25) is 0 Å². The molecule has 0 unspecified atom stereocenters. The Bertz CT molecular complexity index is 460. The number of rotatable bonds is 5. The lowest BCUT2D eigenvalue weighted by molar-refractivity contribution is 0.110. The Morgan fingerprint density at radius 1 is 1.40 bits per heavy atom. The van der Waals surface area contributed by atoms with Crippen LogP contribution in [0.5, 0.6) is 0 Å². The van der Waals surface area contributed by atoms with E-state index in [1.54, 1.807) is 18.3 Å². The van der Waals surface area contributed by atoms with Gasteiger partial charge in [-0.1, -0.05) is 6.92 Å². The molecule has 2 rings (SSSR count). The Kier molecular flexibility index (Phi) is 5.33. The molecule has 5 nitrogen and oxygen atoms in total. The van der Waals surface area contributed by atoms with E-state index in [1.807, 2.05) is 0 Å². The standard InChI is InChI=1S/C15H23N5/c1-3-19-7-9-20(10-8-19)13(2)12-18-15-14(11-16)5-4-6-17-15/h4-6,13H,3,7-10,12H2,1-2H3,(H,17,18)/t13-/m1/s1. The maximum Gasteiger partial charge on any atom is 0.143 e. The molecular weight excluding hydrogens is 250 g/mol. The molecule has 1 N–H and O–H groups in total. The second-order valence-electron chi connectivity index (χ2n) is 5.21. The Hall–Kier alpha value is -1.64. The van der Waals surface area contributed by atoms with Crippen LogP contribution in [0.25, 0.3) is 0 Å². The van der Waals surface area contributed by atoms with Crippen LogP contribution in [-0.2, 0) is 0 Å². The Balaban J connectivity index is 1.83. The topological polar surface area (TPSA) is 55.2 Å². The lowest BCUT2D eigenvalue weighted by Crippen LogP contribution is -2.51. The van der Waals surface area contributed by atoms with Crippen molar-refractivity contribution >= 4 is 5.82 Å². The van der Waals surface area contributed by atoms with Crippen LogP contribution in [0, 0.1) is 11.3 Å². The van der Waals surface area contributed by atoms with Crippen molar-refractivity contribution in [2.75, 3.05) is 44.6 Å². The predicted octanol–water partition coefficient (Wildman–Crippen LogP) is 1.39. The molecule has 1 aliphatic rings. The molecule has 0 aliphatic carbocycles. The molecule has 0 bridgehead atoms. The summed E-state index contributed by atoms with van der Waals surface area (Å²) in [5.41, 5.74) is 0.607. The number of nitrogens with one attached hydrogen (secondary N) is 1. The lowest BCUT2D eigenvalue weighted by Gasteiger charge is -2.37. The highest BCUT2D eigenvalue weighted by Gasteiger charge is 2.20. The van der Waals surface area contributed by atoms with E-state index in [0.717, 1.165) is 39.3 Å². The fraction of sp³-hybridized carbons (Fsp3) is 0.600. The van der Waals surface area contributed by atoms with Gasteiger partial charge in [0.1, 0.15) is 11.9 Å². The lowest BCUT2D eigenvalue weighted by atomic mass is 10.2. The Labute approximate surface area is 121 Å². The van der Waals surface area contributed by atoms with Gasteiger partial charge in [-0.25, -0.2) is 4.98 Å². The van der Waals surface area contributed by atoms with Gasteiger partial charge < -0.3 is 10.2 Å². The van der Waals surface area contributed by atoms with Gasteiger partial charge in [0.15, 0.2) is 0 Å². The minimum atomic E-state index is 0.447. The van der Waals surface area contributed by atoms with Crippen LogP contribution < -0.4 is 5.32 Å². The normalized spacial score (nSPS) is 18.4. The van der Waals surface area contributed by atoms with Crippen molar-refractivity contribution in [2.45, 2.75) is 19.9 Å². The monoisotopic (exact) mass is 273 g/mol. The van der Waals surface area contributed by atoms with Crippen molar-refractivity contribution in [3.8, 4) is 6.07 Å². The molecule has 0 aromatic carbocycles. The van der Waals surface area contributed by atoms with E-state index in [9.17, 15) is 0 Å². The molecule has 1 aromatic rings. The molecule has 2 heterocycles. The van der Waals surface area contributed by atoms with Gasteiger partial charge in [-0.3, -0.25) is 4.90 Å². The zero-order valence-corrected chi connectivity index (χ0v) is 12.3. The first-order valence-corrected chi connectivity index (χ1v) is 7.30. The van der Waals surface area contributed by atoms with Crippen LogP contribution in [-0.4, -0.2) is 60.1 Å². The molecule has 0 radical (unpaired) electrons. The number of anilines is 1. The fourth-order valence-electron chi connectivity index (χ4n) is 2.53. The van der Waals surface area contributed by atoms with Crippen LogP contribution in [0.4, 0.5) is 5.82 Å². The van der Waals surface area contributed by atoms with Crippen LogP contribution in [0.2, 0.25) is 0 Å². The van der Waals surface area contributed by atoms with Gasteiger partial charge in [0.25, 0.3) is 0 Å². The second kappa shape index (κ2) is 7.22. The van der Waals surface area contributed by atoms with Crippen LogP contribution in [0.1, 0.15) is 19.4 Å². The summed E-state index contributed by atoms with van der Waals surface area (Å²) in [7, 11) is 0. The van der Waals surface area contributed by atoms with E-state index in [0.29, 0.717) is 17.4 Å². The predicted molar refractivity (Wildman–Crippen MR) is 80.6 cm³/mol. The Morgan fingerprint density at radius 3 is 2.80 bits per heavy atom. The summed E-state index contributed by atoms with van der Waals surface area (Å²) in [5.74, 6) is 0.689. The molecular formula is C15H23N5. The Morgan fingerprint density at radius 2 is 2.15 bits per heavy atom. The molecule has 0 saturated carbocycles. The van der Waals surface area contributed by atoms with Crippen molar-refractivity contribution < 1.29 is 0 Å². The molecule has 20 heavy (non-hydrogen) atoms. The molecule has 1 atom stereocenters. The number of pyridine rings is 1. The fourth-order valence-corrected chi connectivity index (χ4v) is 2.53. The van der Waals surface area contributed by atoms with Crippen LogP contribution in [0.15, 0.2) is 18.3 Å². The number of piperazine rings is 1. The first kappa shape index (κ1) is 14.8. The smallest absolute Gasteiger partial charge is 0.143 e. The number of hydrogen-bond acceptors (Lipinski definition) is 5. The van der Waals surface area contributed by atoms with Crippen LogP contribution in [0.3, 0.4) is 0 Å². The SMILES string of the molecule is CCN1CCN([C@H](C)CNc2ncccc2C#N)CC1. The third-order valence-corrected chi connectivity index (χ3v) is 3.97.